The van der Waals surface area contributed by atoms with Crippen molar-refractivity contribution in [3.05, 3.63) is 62.4 Å². The lowest BCUT2D eigenvalue weighted by Gasteiger charge is -2.10. The minimum absolute atomic E-state index is 0.0799. The van der Waals surface area contributed by atoms with Crippen molar-refractivity contribution >= 4 is 11.6 Å². The van der Waals surface area contributed by atoms with E-state index in [1.54, 1.807) is 6.07 Å². The summed E-state index contributed by atoms with van der Waals surface area (Å²) in [4.78, 5) is 33.8. The number of nitrogen functional groups attached to an aromatic ring is 1. The molecule has 0 atom stereocenters. The van der Waals surface area contributed by atoms with Gasteiger partial charge in [-0.15, -0.1) is 0 Å². The molecular formula is C13H12N4O4. The Hall–Kier alpha value is -3.00. The molecule has 0 unspecified atom stereocenters. The summed E-state index contributed by atoms with van der Waals surface area (Å²) in [5.74, 6) is 4.31. The molecule has 1 aromatic heterocycles. The molecule has 0 bridgehead atoms. The van der Waals surface area contributed by atoms with Crippen LogP contribution in [0, 0.1) is 10.1 Å². The summed E-state index contributed by atoms with van der Waals surface area (Å²) in [5.41, 5.74) is 2.13. The highest BCUT2D eigenvalue weighted by molar-refractivity contribution is 5.93. The van der Waals surface area contributed by atoms with Gasteiger partial charge in [-0.25, -0.2) is 5.84 Å². The second kappa shape index (κ2) is 5.55. The highest BCUT2D eigenvalue weighted by atomic mass is 16.6. The summed E-state index contributed by atoms with van der Waals surface area (Å²) in [6.45, 7) is 0. The van der Waals surface area contributed by atoms with Crippen molar-refractivity contribution in [2.45, 2.75) is 0 Å². The first-order valence-electron chi connectivity index (χ1n) is 5.91. The smallest absolute Gasteiger partial charge is 0.270 e. The third-order valence-electron chi connectivity index (χ3n) is 3.03. The van der Waals surface area contributed by atoms with E-state index in [4.69, 9.17) is 5.84 Å². The number of pyridine rings is 1. The molecule has 108 valence electrons. The van der Waals surface area contributed by atoms with Crippen LogP contribution in [0.2, 0.25) is 0 Å². The highest BCUT2D eigenvalue weighted by Gasteiger charge is 2.14. The lowest BCUT2D eigenvalue weighted by molar-refractivity contribution is -0.384. The lowest BCUT2D eigenvalue weighted by Crippen LogP contribution is -2.36. The highest BCUT2D eigenvalue weighted by Crippen LogP contribution is 2.22. The minimum atomic E-state index is -0.693. The number of carbonyl (C=O) groups excluding carboxylic acids is 1. The zero-order chi connectivity index (χ0) is 15.6. The lowest BCUT2D eigenvalue weighted by atomic mass is 10.1. The molecule has 0 saturated carbocycles. The SMILES string of the molecule is Cn1c(-c2cccc([N+](=O)[O-])c2)ccc(C(=O)NN)c1=O. The summed E-state index contributed by atoms with van der Waals surface area (Å²) in [6, 6.07) is 8.75. The van der Waals surface area contributed by atoms with Gasteiger partial charge in [-0.05, 0) is 12.1 Å². The first-order chi connectivity index (χ1) is 9.95. The Bertz CT molecular complexity index is 782. The number of nitrogens with two attached hydrogens (primary N) is 1. The summed E-state index contributed by atoms with van der Waals surface area (Å²) in [5, 5.41) is 10.8. The molecule has 3 N–H and O–H groups in total. The number of rotatable bonds is 3. The van der Waals surface area contributed by atoms with Crippen LogP contribution in [0.3, 0.4) is 0 Å². The molecule has 0 aliphatic rings. The third kappa shape index (κ3) is 2.65. The Kier molecular flexibility index (Phi) is 3.81. The molecule has 1 amide bonds. The largest absolute Gasteiger partial charge is 0.311 e. The van der Waals surface area contributed by atoms with Gasteiger partial charge in [0.05, 0.1) is 10.6 Å². The Balaban J connectivity index is 2.59. The second-order valence-corrected chi connectivity index (χ2v) is 4.28. The van der Waals surface area contributed by atoms with Gasteiger partial charge < -0.3 is 4.57 Å². The zero-order valence-electron chi connectivity index (χ0n) is 11.1. The van der Waals surface area contributed by atoms with E-state index in [1.807, 2.05) is 5.43 Å². The Morgan fingerprint density at radius 1 is 1.33 bits per heavy atom. The summed E-state index contributed by atoms with van der Waals surface area (Å²) in [7, 11) is 1.48. The number of aromatic nitrogens is 1. The van der Waals surface area contributed by atoms with E-state index in [1.165, 1.54) is 41.9 Å². The molecule has 2 rings (SSSR count). The molecule has 2 aromatic rings. The summed E-state index contributed by atoms with van der Waals surface area (Å²) < 4.78 is 1.24. The molecule has 0 radical (unpaired) electrons. The average molecular weight is 288 g/mol. The maximum atomic E-state index is 12.1. The maximum absolute atomic E-state index is 12.1. The molecule has 1 aromatic carbocycles. The number of hydrogen-bond donors (Lipinski definition) is 2. The van der Waals surface area contributed by atoms with Crippen LogP contribution in [0.4, 0.5) is 5.69 Å². The number of carbonyl (C=O) groups is 1. The molecule has 8 nitrogen and oxygen atoms in total. The van der Waals surface area contributed by atoms with Crippen LogP contribution in [0.1, 0.15) is 10.4 Å². The number of hydrazine groups is 1. The normalized spacial score (nSPS) is 10.2. The van der Waals surface area contributed by atoms with E-state index in [2.05, 4.69) is 0 Å². The fraction of sp³-hybridized carbons (Fsp3) is 0.0769. The van der Waals surface area contributed by atoms with E-state index < -0.39 is 16.4 Å². The molecular weight excluding hydrogens is 276 g/mol. The molecule has 0 aliphatic carbocycles. The van der Waals surface area contributed by atoms with Gasteiger partial charge in [-0.2, -0.15) is 0 Å². The maximum Gasteiger partial charge on any atom is 0.270 e. The molecule has 0 fully saturated rings. The van der Waals surface area contributed by atoms with Gasteiger partial charge in [0.1, 0.15) is 5.56 Å². The Labute approximate surface area is 118 Å². The monoisotopic (exact) mass is 288 g/mol. The molecule has 8 heteroatoms. The van der Waals surface area contributed by atoms with Crippen molar-refractivity contribution in [3.63, 3.8) is 0 Å². The van der Waals surface area contributed by atoms with Crippen LogP contribution in [-0.2, 0) is 7.05 Å². The van der Waals surface area contributed by atoms with Crippen molar-refractivity contribution in [1.82, 2.24) is 9.99 Å². The van der Waals surface area contributed by atoms with Gasteiger partial charge in [0, 0.05) is 24.7 Å². The van der Waals surface area contributed by atoms with Crippen LogP contribution >= 0.6 is 0 Å². The van der Waals surface area contributed by atoms with E-state index in [9.17, 15) is 19.7 Å². The van der Waals surface area contributed by atoms with Crippen molar-refractivity contribution in [2.24, 2.45) is 12.9 Å². The van der Waals surface area contributed by atoms with Gasteiger partial charge in [-0.1, -0.05) is 12.1 Å². The van der Waals surface area contributed by atoms with Gasteiger partial charge in [0.25, 0.3) is 17.2 Å². The van der Waals surface area contributed by atoms with Crippen molar-refractivity contribution in [1.29, 1.82) is 0 Å². The van der Waals surface area contributed by atoms with Crippen molar-refractivity contribution in [3.8, 4) is 11.3 Å². The quantitative estimate of drug-likeness (QED) is 0.370. The average Bonchev–Trinajstić information content (AvgIpc) is 2.49. The second-order valence-electron chi connectivity index (χ2n) is 4.28. The first-order valence-corrected chi connectivity index (χ1v) is 5.91. The molecule has 21 heavy (non-hydrogen) atoms. The number of nitro benzene ring substituents is 1. The number of hydrogen-bond acceptors (Lipinski definition) is 5. The van der Waals surface area contributed by atoms with E-state index in [0.29, 0.717) is 11.3 Å². The Morgan fingerprint density at radius 2 is 2.05 bits per heavy atom. The topological polar surface area (TPSA) is 120 Å². The zero-order valence-corrected chi connectivity index (χ0v) is 11.1. The van der Waals surface area contributed by atoms with Gasteiger partial charge in [0.15, 0.2) is 0 Å². The van der Waals surface area contributed by atoms with E-state index >= 15 is 0 Å². The molecule has 0 spiro atoms. The Morgan fingerprint density at radius 3 is 2.67 bits per heavy atom. The third-order valence-corrected chi connectivity index (χ3v) is 3.03. The van der Waals surface area contributed by atoms with Crippen LogP contribution in [0.15, 0.2) is 41.2 Å². The van der Waals surface area contributed by atoms with E-state index in [-0.39, 0.29) is 11.3 Å². The van der Waals surface area contributed by atoms with Gasteiger partial charge >= 0.3 is 0 Å². The van der Waals surface area contributed by atoms with Gasteiger partial charge in [-0.3, -0.25) is 25.1 Å². The van der Waals surface area contributed by atoms with Crippen molar-refractivity contribution in [2.75, 3.05) is 0 Å². The number of benzene rings is 1. The fourth-order valence-electron chi connectivity index (χ4n) is 1.95. The number of nitrogens with one attached hydrogen (secondary N) is 1. The number of non-ortho nitro benzene ring substituents is 1. The van der Waals surface area contributed by atoms with Crippen LogP contribution < -0.4 is 16.8 Å². The molecule has 0 saturated heterocycles. The van der Waals surface area contributed by atoms with Crippen LogP contribution in [-0.4, -0.2) is 15.4 Å². The fourth-order valence-corrected chi connectivity index (χ4v) is 1.95. The number of amides is 1. The molecule has 0 aliphatic heterocycles. The predicted octanol–water partition coefficient (Wildman–Crippen LogP) is 0.564. The van der Waals surface area contributed by atoms with Crippen LogP contribution in [0.25, 0.3) is 11.3 Å². The minimum Gasteiger partial charge on any atom is -0.311 e. The molecule has 1 heterocycles. The summed E-state index contributed by atoms with van der Waals surface area (Å²) in [6.07, 6.45) is 0. The number of nitro groups is 1. The van der Waals surface area contributed by atoms with Gasteiger partial charge in [0.2, 0.25) is 0 Å². The van der Waals surface area contributed by atoms with E-state index in [0.717, 1.165) is 0 Å². The van der Waals surface area contributed by atoms with Crippen molar-refractivity contribution < 1.29 is 9.72 Å². The van der Waals surface area contributed by atoms with Crippen LogP contribution in [0.5, 0.6) is 0 Å². The first kappa shape index (κ1) is 14.4. The standard InChI is InChI=1S/C13H12N4O4/c1-16-11(6-5-10(13(16)19)12(18)15-14)8-3-2-4-9(7-8)17(20)21/h2-7H,14H2,1H3,(H,15,18). The number of nitrogens with zero attached hydrogens (tertiary/aromatic N) is 2. The predicted molar refractivity (Wildman–Crippen MR) is 75.4 cm³/mol. The summed E-state index contributed by atoms with van der Waals surface area (Å²) >= 11 is 0.